The number of ether oxygens (including phenoxy) is 1. The van der Waals surface area contributed by atoms with E-state index in [0.717, 1.165) is 53.7 Å². The van der Waals surface area contributed by atoms with Crippen LogP contribution in [0.1, 0.15) is 29.8 Å². The molecule has 0 N–H and O–H groups in total. The molecule has 0 aliphatic carbocycles. The van der Waals surface area contributed by atoms with Crippen LogP contribution in [-0.2, 0) is 4.74 Å². The Morgan fingerprint density at radius 2 is 1.74 bits per heavy atom. The summed E-state index contributed by atoms with van der Waals surface area (Å²) in [6.45, 7) is 7.95. The van der Waals surface area contributed by atoms with Crippen molar-refractivity contribution in [2.24, 2.45) is 5.41 Å². The summed E-state index contributed by atoms with van der Waals surface area (Å²) < 4.78 is 5.47. The van der Waals surface area contributed by atoms with Gasteiger partial charge in [0.15, 0.2) is 5.16 Å². The van der Waals surface area contributed by atoms with Crippen LogP contribution in [0, 0.1) is 26.2 Å². The molecule has 5 heteroatoms. The molecule has 0 spiro atoms. The molecular weight excluding hydrogens is 324 g/mol. The fraction of sp³-hybridized carbons (Fsp3) is 0.714. The highest BCUT2D eigenvalue weighted by Crippen LogP contribution is 2.37. The number of rotatable bonds is 4. The second-order valence-corrected chi connectivity index (χ2v) is 6.84. The van der Waals surface area contributed by atoms with Crippen LogP contribution in [-0.4, -0.2) is 34.3 Å². The molecule has 2 rings (SSSR count). The fourth-order valence-electron chi connectivity index (χ4n) is 2.14. The molecule has 0 radical (unpaired) electrons. The summed E-state index contributed by atoms with van der Waals surface area (Å²) in [5, 5.41) is 1.94. The van der Waals surface area contributed by atoms with E-state index < -0.39 is 0 Å². The minimum atomic E-state index is 0.332. The number of nitrogens with zero attached hydrogens (tertiary/aromatic N) is 2. The Morgan fingerprint density at radius 3 is 2.26 bits per heavy atom. The molecule has 0 aromatic carbocycles. The second-order valence-electron chi connectivity index (χ2n) is 5.34. The predicted molar refractivity (Wildman–Crippen MR) is 83.2 cm³/mol. The van der Waals surface area contributed by atoms with Gasteiger partial charge in [-0.3, -0.25) is 0 Å². The number of alkyl halides is 1. The van der Waals surface area contributed by atoms with Gasteiger partial charge in [0, 0.05) is 35.7 Å². The SMILES string of the molecule is Cc1nc(SCC2(CBr)CCOCC2)nc(C)c1C. The van der Waals surface area contributed by atoms with E-state index in [2.05, 4.69) is 46.7 Å². The minimum Gasteiger partial charge on any atom is -0.381 e. The molecule has 106 valence electrons. The highest BCUT2D eigenvalue weighted by Gasteiger charge is 2.32. The van der Waals surface area contributed by atoms with Crippen molar-refractivity contribution in [2.45, 2.75) is 38.8 Å². The summed E-state index contributed by atoms with van der Waals surface area (Å²) in [6, 6.07) is 0. The zero-order valence-electron chi connectivity index (χ0n) is 11.8. The van der Waals surface area contributed by atoms with Crippen molar-refractivity contribution in [3.05, 3.63) is 17.0 Å². The van der Waals surface area contributed by atoms with Crippen molar-refractivity contribution >= 4 is 27.7 Å². The minimum absolute atomic E-state index is 0.332. The number of halogens is 1. The van der Waals surface area contributed by atoms with Gasteiger partial charge in [-0.1, -0.05) is 27.7 Å². The summed E-state index contributed by atoms with van der Waals surface area (Å²) in [5.74, 6) is 1.06. The van der Waals surface area contributed by atoms with E-state index >= 15 is 0 Å². The van der Waals surface area contributed by atoms with Crippen molar-refractivity contribution < 1.29 is 4.74 Å². The Morgan fingerprint density at radius 1 is 1.16 bits per heavy atom. The van der Waals surface area contributed by atoms with Crippen molar-refractivity contribution in [1.82, 2.24) is 9.97 Å². The van der Waals surface area contributed by atoms with Crippen molar-refractivity contribution in [2.75, 3.05) is 24.3 Å². The van der Waals surface area contributed by atoms with Crippen LogP contribution < -0.4 is 0 Å². The standard InChI is InChI=1S/C14H21BrN2OS/c1-10-11(2)16-13(17-12(10)3)19-9-14(8-15)4-6-18-7-5-14/h4-9H2,1-3H3. The maximum absolute atomic E-state index is 5.47. The largest absolute Gasteiger partial charge is 0.381 e. The third kappa shape index (κ3) is 3.70. The molecule has 0 amide bonds. The van der Waals surface area contributed by atoms with Crippen LogP contribution in [0.5, 0.6) is 0 Å². The first-order valence-electron chi connectivity index (χ1n) is 6.65. The maximum atomic E-state index is 5.47. The normalized spacial score (nSPS) is 18.5. The van der Waals surface area contributed by atoms with E-state index in [1.54, 1.807) is 11.8 Å². The first-order chi connectivity index (χ1) is 9.06. The molecule has 1 saturated heterocycles. The third-order valence-electron chi connectivity index (χ3n) is 3.96. The Kier molecular flexibility index (Phi) is 5.26. The summed E-state index contributed by atoms with van der Waals surface area (Å²) in [4.78, 5) is 9.18. The van der Waals surface area contributed by atoms with Crippen LogP contribution in [0.25, 0.3) is 0 Å². The number of hydrogen-bond acceptors (Lipinski definition) is 4. The van der Waals surface area contributed by atoms with Crippen LogP contribution in [0.2, 0.25) is 0 Å². The van der Waals surface area contributed by atoms with Gasteiger partial charge in [-0.05, 0) is 44.6 Å². The molecule has 1 aliphatic rings. The summed E-state index contributed by atoms with van der Waals surface area (Å²) >= 11 is 5.45. The first-order valence-corrected chi connectivity index (χ1v) is 8.75. The fourth-order valence-corrected chi connectivity index (χ4v) is 4.40. The average molecular weight is 345 g/mol. The van der Waals surface area contributed by atoms with Gasteiger partial charge in [0.2, 0.25) is 0 Å². The Bertz CT molecular complexity index is 424. The Labute approximate surface area is 128 Å². The second kappa shape index (κ2) is 6.55. The highest BCUT2D eigenvalue weighted by atomic mass is 79.9. The quantitative estimate of drug-likeness (QED) is 0.474. The van der Waals surface area contributed by atoms with Gasteiger partial charge in [-0.2, -0.15) is 0 Å². The summed E-state index contributed by atoms with van der Waals surface area (Å²) in [6.07, 6.45) is 2.24. The van der Waals surface area contributed by atoms with Gasteiger partial charge in [-0.15, -0.1) is 0 Å². The van der Waals surface area contributed by atoms with E-state index in [1.807, 2.05) is 0 Å². The van der Waals surface area contributed by atoms with Crippen molar-refractivity contribution in [3.8, 4) is 0 Å². The van der Waals surface area contributed by atoms with Gasteiger partial charge < -0.3 is 4.74 Å². The van der Waals surface area contributed by atoms with Crippen LogP contribution in [0.15, 0.2) is 5.16 Å². The smallest absolute Gasteiger partial charge is 0.188 e. The number of hydrogen-bond donors (Lipinski definition) is 0. The van der Waals surface area contributed by atoms with Crippen LogP contribution in [0.3, 0.4) is 0 Å². The van der Waals surface area contributed by atoms with Gasteiger partial charge in [0.1, 0.15) is 0 Å². The number of aryl methyl sites for hydroxylation is 2. The molecule has 1 aromatic heterocycles. The lowest BCUT2D eigenvalue weighted by Crippen LogP contribution is -2.33. The lowest BCUT2D eigenvalue weighted by atomic mass is 9.85. The molecule has 2 heterocycles. The van der Waals surface area contributed by atoms with E-state index in [4.69, 9.17) is 4.74 Å². The van der Waals surface area contributed by atoms with Crippen LogP contribution in [0.4, 0.5) is 0 Å². The molecular formula is C14H21BrN2OS. The molecule has 1 aliphatic heterocycles. The average Bonchev–Trinajstić information content (AvgIpc) is 2.43. The first kappa shape index (κ1) is 15.3. The number of thioether (sulfide) groups is 1. The summed E-state index contributed by atoms with van der Waals surface area (Å²) in [7, 11) is 0. The molecule has 0 saturated carbocycles. The van der Waals surface area contributed by atoms with E-state index in [0.29, 0.717) is 5.41 Å². The maximum Gasteiger partial charge on any atom is 0.188 e. The van der Waals surface area contributed by atoms with Gasteiger partial charge in [0.25, 0.3) is 0 Å². The zero-order chi connectivity index (χ0) is 13.9. The highest BCUT2D eigenvalue weighted by molar-refractivity contribution is 9.09. The lowest BCUT2D eigenvalue weighted by molar-refractivity contribution is 0.0374. The Balaban J connectivity index is 2.05. The molecule has 19 heavy (non-hydrogen) atoms. The van der Waals surface area contributed by atoms with Gasteiger partial charge >= 0.3 is 0 Å². The number of aromatic nitrogens is 2. The van der Waals surface area contributed by atoms with E-state index in [9.17, 15) is 0 Å². The van der Waals surface area contributed by atoms with Crippen molar-refractivity contribution in [1.29, 1.82) is 0 Å². The summed E-state index contributed by atoms with van der Waals surface area (Å²) in [5.41, 5.74) is 3.72. The van der Waals surface area contributed by atoms with Crippen molar-refractivity contribution in [3.63, 3.8) is 0 Å². The molecule has 0 bridgehead atoms. The molecule has 3 nitrogen and oxygen atoms in total. The van der Waals surface area contributed by atoms with E-state index in [-0.39, 0.29) is 0 Å². The van der Waals surface area contributed by atoms with E-state index in [1.165, 1.54) is 5.56 Å². The zero-order valence-corrected chi connectivity index (χ0v) is 14.2. The topological polar surface area (TPSA) is 35.0 Å². The van der Waals surface area contributed by atoms with Gasteiger partial charge in [-0.25, -0.2) is 9.97 Å². The van der Waals surface area contributed by atoms with Gasteiger partial charge in [0.05, 0.1) is 0 Å². The monoisotopic (exact) mass is 344 g/mol. The molecule has 0 unspecified atom stereocenters. The molecule has 0 atom stereocenters. The predicted octanol–water partition coefficient (Wildman–Crippen LogP) is 3.69. The van der Waals surface area contributed by atoms with Crippen LogP contribution >= 0.6 is 27.7 Å². The third-order valence-corrected chi connectivity index (χ3v) is 6.34. The molecule has 1 fully saturated rings. The lowest BCUT2D eigenvalue weighted by Gasteiger charge is -2.35. The Hall–Kier alpha value is -0.130. The molecule has 1 aromatic rings.